The first kappa shape index (κ1) is 39.0. The van der Waals surface area contributed by atoms with Gasteiger partial charge in [-0.05, 0) is 25.1 Å². The van der Waals surface area contributed by atoms with Crippen LogP contribution in [0.5, 0.6) is 23.0 Å². The van der Waals surface area contributed by atoms with Crippen LogP contribution in [-0.4, -0.2) is 165 Å². The molecule has 0 aliphatic carbocycles. The van der Waals surface area contributed by atoms with Crippen molar-refractivity contribution >= 4 is 11.0 Å². The number of hydrogen-bond acceptors (Lipinski definition) is 20. The summed E-state index contributed by atoms with van der Waals surface area (Å²) in [5.41, 5.74) is -1.72. The minimum absolute atomic E-state index is 0.0540. The molecule has 13 N–H and O–H groups in total. The van der Waals surface area contributed by atoms with Crippen LogP contribution in [-0.2, 0) is 18.9 Å². The maximum Gasteiger partial charge on any atom is 0.229 e. The molecule has 4 heterocycles. The zero-order chi connectivity index (χ0) is 38.6. The molecule has 20 nitrogen and oxygen atoms in total. The summed E-state index contributed by atoms with van der Waals surface area (Å²) in [7, 11) is 0. The highest BCUT2D eigenvalue weighted by Crippen LogP contribution is 2.45. The van der Waals surface area contributed by atoms with Gasteiger partial charge in [0.25, 0.3) is 0 Å². The standard InChI is InChI=1S/C33H40O20/c1-9-21(39)25(43)29(47)32(48-9)53-31-27(45)23(41)18(8-35)52-33(31)51-15-4-10(2-3-11(15)36)14-5-12(37)19-16(49-14)6-13(38)20(24(19)42)30-28(46)26(44)22(40)17(7-34)50-30/h2-6,9,17-18,21-23,25-36,38-47H,7-8H2,1H3. The van der Waals surface area contributed by atoms with E-state index in [4.69, 9.17) is 28.1 Å². The predicted octanol–water partition coefficient (Wildman–Crippen LogP) is -3.88. The van der Waals surface area contributed by atoms with Crippen molar-refractivity contribution in [3.05, 3.63) is 46.1 Å². The van der Waals surface area contributed by atoms with E-state index < -0.39 is 139 Å². The first-order chi connectivity index (χ1) is 25.1. The number of rotatable bonds is 8. The van der Waals surface area contributed by atoms with Gasteiger partial charge in [-0.3, -0.25) is 4.79 Å². The van der Waals surface area contributed by atoms with Crippen molar-refractivity contribution in [2.75, 3.05) is 13.2 Å². The van der Waals surface area contributed by atoms with Gasteiger partial charge in [-0.15, -0.1) is 0 Å². The van der Waals surface area contributed by atoms with E-state index >= 15 is 0 Å². The molecule has 3 fully saturated rings. The van der Waals surface area contributed by atoms with Crippen molar-refractivity contribution < 1.29 is 94.5 Å². The Morgan fingerprint density at radius 2 is 1.32 bits per heavy atom. The average molecular weight is 757 g/mol. The van der Waals surface area contributed by atoms with Gasteiger partial charge in [-0.25, -0.2) is 0 Å². The molecule has 0 amide bonds. The van der Waals surface area contributed by atoms with E-state index in [1.54, 1.807) is 0 Å². The van der Waals surface area contributed by atoms with Crippen LogP contribution in [0.25, 0.3) is 22.3 Å². The number of ether oxygens (including phenoxy) is 5. The van der Waals surface area contributed by atoms with Crippen LogP contribution in [0.4, 0.5) is 0 Å². The summed E-state index contributed by atoms with van der Waals surface area (Å²) in [4.78, 5) is 13.4. The molecule has 3 aliphatic heterocycles. The number of aliphatic hydroxyl groups is 10. The Morgan fingerprint density at radius 3 is 2.00 bits per heavy atom. The molecule has 3 saturated heterocycles. The Balaban J connectivity index is 1.32. The Bertz CT molecular complexity index is 1830. The molecule has 0 saturated carbocycles. The minimum Gasteiger partial charge on any atom is -0.507 e. The average Bonchev–Trinajstić information content (AvgIpc) is 3.12. The van der Waals surface area contributed by atoms with Crippen LogP contribution in [0.3, 0.4) is 0 Å². The number of hydrogen-bond donors (Lipinski definition) is 13. The smallest absolute Gasteiger partial charge is 0.229 e. The topological polar surface area (TPSA) is 339 Å². The van der Waals surface area contributed by atoms with Gasteiger partial charge >= 0.3 is 0 Å². The van der Waals surface area contributed by atoms with Crippen LogP contribution in [0, 0.1) is 0 Å². The molecule has 1 aromatic heterocycles. The first-order valence-corrected chi connectivity index (χ1v) is 16.4. The number of aromatic hydroxyl groups is 3. The van der Waals surface area contributed by atoms with Gasteiger partial charge in [0.2, 0.25) is 6.29 Å². The fourth-order valence-electron chi connectivity index (χ4n) is 6.53. The van der Waals surface area contributed by atoms with Crippen molar-refractivity contribution in [1.82, 2.24) is 0 Å². The van der Waals surface area contributed by atoms with E-state index in [1.165, 1.54) is 13.0 Å². The molecule has 0 spiro atoms. The second kappa shape index (κ2) is 15.2. The number of benzene rings is 2. The van der Waals surface area contributed by atoms with Gasteiger partial charge in [0.05, 0.1) is 24.9 Å². The van der Waals surface area contributed by atoms with Crippen LogP contribution in [0.1, 0.15) is 18.6 Å². The largest absolute Gasteiger partial charge is 0.507 e. The molecule has 0 bridgehead atoms. The number of aliphatic hydroxyl groups excluding tert-OH is 10. The molecular formula is C33H40O20. The van der Waals surface area contributed by atoms with Gasteiger partial charge in [0.15, 0.2) is 29.3 Å². The van der Waals surface area contributed by atoms with Crippen molar-refractivity contribution in [2.45, 2.75) is 98.9 Å². The lowest BCUT2D eigenvalue weighted by Crippen LogP contribution is -2.64. The third-order valence-electron chi connectivity index (χ3n) is 9.60. The van der Waals surface area contributed by atoms with Crippen LogP contribution >= 0.6 is 0 Å². The number of phenols is 3. The highest BCUT2D eigenvalue weighted by molar-refractivity contribution is 5.88. The lowest BCUT2D eigenvalue weighted by atomic mass is 9.89. The summed E-state index contributed by atoms with van der Waals surface area (Å²) in [6.07, 6.45) is -24.9. The molecule has 15 unspecified atom stereocenters. The normalized spacial score (nSPS) is 37.8. The molecule has 292 valence electrons. The van der Waals surface area contributed by atoms with Gasteiger partial charge in [0, 0.05) is 17.7 Å². The second-order valence-electron chi connectivity index (χ2n) is 13.0. The fourth-order valence-corrected chi connectivity index (χ4v) is 6.53. The van der Waals surface area contributed by atoms with Gasteiger partial charge < -0.3 is 94.5 Å². The van der Waals surface area contributed by atoms with Crippen molar-refractivity contribution in [3.63, 3.8) is 0 Å². The predicted molar refractivity (Wildman–Crippen MR) is 171 cm³/mol. The van der Waals surface area contributed by atoms with Gasteiger partial charge in [-0.2, -0.15) is 0 Å². The first-order valence-electron chi connectivity index (χ1n) is 16.4. The lowest BCUT2D eigenvalue weighted by Gasteiger charge is -2.45. The Labute approximate surface area is 298 Å². The third kappa shape index (κ3) is 7.03. The Morgan fingerprint density at radius 1 is 0.679 bits per heavy atom. The summed E-state index contributed by atoms with van der Waals surface area (Å²) in [5.74, 6) is -2.75. The van der Waals surface area contributed by atoms with Crippen LogP contribution in [0.2, 0.25) is 0 Å². The molecule has 2 aromatic carbocycles. The lowest BCUT2D eigenvalue weighted by molar-refractivity contribution is -0.354. The monoisotopic (exact) mass is 756 g/mol. The molecule has 3 aromatic rings. The number of fused-ring (bicyclic) bond motifs is 1. The maximum absolute atomic E-state index is 13.4. The zero-order valence-corrected chi connectivity index (χ0v) is 27.6. The molecule has 15 atom stereocenters. The molecule has 3 aliphatic rings. The van der Waals surface area contributed by atoms with Gasteiger partial charge in [-0.1, -0.05) is 0 Å². The van der Waals surface area contributed by atoms with E-state index in [9.17, 15) is 71.2 Å². The summed E-state index contributed by atoms with van der Waals surface area (Å²) in [5, 5.41) is 135. The summed E-state index contributed by atoms with van der Waals surface area (Å²) in [6, 6.07) is 5.42. The number of phenolic OH excluding ortho intramolecular Hbond substituents is 3. The van der Waals surface area contributed by atoms with Crippen molar-refractivity contribution in [3.8, 4) is 34.3 Å². The zero-order valence-electron chi connectivity index (χ0n) is 27.6. The van der Waals surface area contributed by atoms with Crippen molar-refractivity contribution in [2.24, 2.45) is 0 Å². The van der Waals surface area contributed by atoms with Crippen LogP contribution < -0.4 is 10.2 Å². The fraction of sp³-hybridized carbons (Fsp3) is 0.545. The molecule has 20 heteroatoms. The van der Waals surface area contributed by atoms with E-state index in [1.807, 2.05) is 0 Å². The summed E-state index contributed by atoms with van der Waals surface area (Å²) in [6.45, 7) is -0.218. The molecule has 53 heavy (non-hydrogen) atoms. The highest BCUT2D eigenvalue weighted by atomic mass is 16.8. The Hall–Kier alpha value is -3.71. The second-order valence-corrected chi connectivity index (χ2v) is 13.0. The summed E-state index contributed by atoms with van der Waals surface area (Å²) >= 11 is 0. The van der Waals surface area contributed by atoms with E-state index in [0.717, 1.165) is 24.3 Å². The quantitative estimate of drug-likeness (QED) is 0.105. The highest BCUT2D eigenvalue weighted by Gasteiger charge is 2.51. The maximum atomic E-state index is 13.4. The van der Waals surface area contributed by atoms with E-state index in [2.05, 4.69) is 0 Å². The minimum atomic E-state index is -1.90. The summed E-state index contributed by atoms with van der Waals surface area (Å²) < 4.78 is 33.8. The third-order valence-corrected chi connectivity index (χ3v) is 9.60. The molecule has 0 radical (unpaired) electrons. The van der Waals surface area contributed by atoms with Gasteiger partial charge in [0.1, 0.15) is 95.4 Å². The Kier molecular flexibility index (Phi) is 11.2. The van der Waals surface area contributed by atoms with Crippen LogP contribution in [0.15, 0.2) is 39.5 Å². The van der Waals surface area contributed by atoms with E-state index in [-0.39, 0.29) is 22.7 Å². The van der Waals surface area contributed by atoms with E-state index in [0.29, 0.717) is 0 Å². The SMILES string of the molecule is CC1OC(OC2C(Oc3cc(-c4cc(=O)c5c(O)c(C6OC(CO)C(O)C(O)C6O)c(O)cc5o4)ccc3O)OC(CO)C(O)C2O)C(O)C(O)C1O. The van der Waals surface area contributed by atoms with Crippen molar-refractivity contribution in [1.29, 1.82) is 0 Å². The molecule has 6 rings (SSSR count). The molecular weight excluding hydrogens is 716 g/mol.